The molecule has 5 heteroatoms. The zero-order valence-electron chi connectivity index (χ0n) is 12.6. The van der Waals surface area contributed by atoms with Crippen LogP contribution in [0, 0.1) is 0 Å². The number of hydrogen-bond donors (Lipinski definition) is 1. The van der Waals surface area contributed by atoms with Gasteiger partial charge in [-0.15, -0.1) is 0 Å². The Hall–Kier alpha value is -1.59. The van der Waals surface area contributed by atoms with Crippen LogP contribution in [-0.4, -0.2) is 43.2 Å². The molecule has 2 rings (SSSR count). The fraction of sp³-hybridized carbons (Fsp3) is 0.562. The van der Waals surface area contributed by atoms with E-state index in [1.165, 1.54) is 0 Å². The predicted octanol–water partition coefficient (Wildman–Crippen LogP) is 1.55. The summed E-state index contributed by atoms with van der Waals surface area (Å²) < 4.78 is 10.9. The number of nitrogens with two attached hydrogens (primary N) is 1. The van der Waals surface area contributed by atoms with Crippen molar-refractivity contribution >= 4 is 5.97 Å². The molecule has 0 bridgehead atoms. The van der Waals surface area contributed by atoms with Gasteiger partial charge in [0, 0.05) is 18.7 Å². The minimum absolute atomic E-state index is 0.113. The first-order chi connectivity index (χ1) is 10.3. The van der Waals surface area contributed by atoms with Crippen molar-refractivity contribution in [3.8, 4) is 5.75 Å². The molecular formula is C16H24N2O3. The van der Waals surface area contributed by atoms with Gasteiger partial charge < -0.3 is 15.2 Å². The summed E-state index contributed by atoms with van der Waals surface area (Å²) in [6.45, 7) is 4.93. The number of benzene rings is 1. The minimum atomic E-state index is -0.114. The lowest BCUT2D eigenvalue weighted by atomic mass is 10.2. The molecule has 1 aliphatic heterocycles. The van der Waals surface area contributed by atoms with Crippen LogP contribution < -0.4 is 10.5 Å². The van der Waals surface area contributed by atoms with Gasteiger partial charge in [-0.1, -0.05) is 18.2 Å². The minimum Gasteiger partial charge on any atom is -0.492 e. The SMILES string of the molecule is CCOC(=O)C1CCCN1CCOc1ccccc1CN. The van der Waals surface area contributed by atoms with Gasteiger partial charge in [0.05, 0.1) is 6.61 Å². The van der Waals surface area contributed by atoms with Crippen LogP contribution in [0.1, 0.15) is 25.3 Å². The second-order valence-electron chi connectivity index (χ2n) is 5.11. The van der Waals surface area contributed by atoms with E-state index in [9.17, 15) is 4.79 Å². The number of carbonyl (C=O) groups is 1. The van der Waals surface area contributed by atoms with Crippen molar-refractivity contribution in [1.82, 2.24) is 4.90 Å². The van der Waals surface area contributed by atoms with Gasteiger partial charge in [0.2, 0.25) is 0 Å². The lowest BCUT2D eigenvalue weighted by molar-refractivity contribution is -0.148. The fourth-order valence-corrected chi connectivity index (χ4v) is 2.69. The molecule has 0 spiro atoms. The normalized spacial score (nSPS) is 18.7. The molecule has 0 aliphatic carbocycles. The van der Waals surface area contributed by atoms with Crippen molar-refractivity contribution in [2.45, 2.75) is 32.4 Å². The highest BCUT2D eigenvalue weighted by Crippen LogP contribution is 2.20. The molecule has 0 amide bonds. The summed E-state index contributed by atoms with van der Waals surface area (Å²) in [5.74, 6) is 0.712. The average Bonchev–Trinajstić information content (AvgIpc) is 2.96. The van der Waals surface area contributed by atoms with Crippen molar-refractivity contribution in [1.29, 1.82) is 0 Å². The molecular weight excluding hydrogens is 268 g/mol. The van der Waals surface area contributed by atoms with E-state index >= 15 is 0 Å². The Bertz CT molecular complexity index is 465. The molecule has 21 heavy (non-hydrogen) atoms. The van der Waals surface area contributed by atoms with Crippen LogP contribution in [0.4, 0.5) is 0 Å². The molecule has 0 aromatic heterocycles. The monoisotopic (exact) mass is 292 g/mol. The summed E-state index contributed by atoms with van der Waals surface area (Å²) in [5, 5.41) is 0. The molecule has 5 nitrogen and oxygen atoms in total. The first-order valence-corrected chi connectivity index (χ1v) is 7.57. The Morgan fingerprint density at radius 2 is 2.24 bits per heavy atom. The number of esters is 1. The van der Waals surface area contributed by atoms with Crippen LogP contribution in [-0.2, 0) is 16.1 Å². The molecule has 116 valence electrons. The van der Waals surface area contributed by atoms with Crippen molar-refractivity contribution < 1.29 is 14.3 Å². The van der Waals surface area contributed by atoms with Crippen molar-refractivity contribution in [2.24, 2.45) is 5.73 Å². The van der Waals surface area contributed by atoms with Gasteiger partial charge in [-0.2, -0.15) is 0 Å². The van der Waals surface area contributed by atoms with Crippen LogP contribution in [0.2, 0.25) is 0 Å². The number of ether oxygens (including phenoxy) is 2. The van der Waals surface area contributed by atoms with Crippen LogP contribution >= 0.6 is 0 Å². The predicted molar refractivity (Wildman–Crippen MR) is 81.1 cm³/mol. The van der Waals surface area contributed by atoms with Crippen LogP contribution in [0.15, 0.2) is 24.3 Å². The topological polar surface area (TPSA) is 64.8 Å². The Morgan fingerprint density at radius 3 is 3.00 bits per heavy atom. The average molecular weight is 292 g/mol. The first kappa shape index (κ1) is 15.8. The summed E-state index contributed by atoms with van der Waals surface area (Å²) in [7, 11) is 0. The quantitative estimate of drug-likeness (QED) is 0.773. The summed E-state index contributed by atoms with van der Waals surface area (Å²) in [4.78, 5) is 14.0. The fourth-order valence-electron chi connectivity index (χ4n) is 2.69. The zero-order chi connectivity index (χ0) is 15.1. The molecule has 1 aromatic carbocycles. The van der Waals surface area contributed by atoms with E-state index in [-0.39, 0.29) is 12.0 Å². The number of para-hydroxylation sites is 1. The number of nitrogens with zero attached hydrogens (tertiary/aromatic N) is 1. The molecule has 1 aromatic rings. The van der Waals surface area contributed by atoms with Crippen LogP contribution in [0.25, 0.3) is 0 Å². The molecule has 0 saturated carbocycles. The van der Waals surface area contributed by atoms with Gasteiger partial charge in [-0.05, 0) is 32.4 Å². The molecule has 1 fully saturated rings. The molecule has 2 N–H and O–H groups in total. The second kappa shape index (κ2) is 8.00. The second-order valence-corrected chi connectivity index (χ2v) is 5.11. The molecule has 1 unspecified atom stereocenters. The highest BCUT2D eigenvalue weighted by atomic mass is 16.5. The third kappa shape index (κ3) is 4.19. The van der Waals surface area contributed by atoms with Crippen molar-refractivity contribution in [3.63, 3.8) is 0 Å². The van der Waals surface area contributed by atoms with Crippen LogP contribution in [0.3, 0.4) is 0 Å². The van der Waals surface area contributed by atoms with Gasteiger partial charge >= 0.3 is 5.97 Å². The first-order valence-electron chi connectivity index (χ1n) is 7.57. The Labute approximate surface area is 126 Å². The van der Waals surface area contributed by atoms with Gasteiger partial charge in [-0.3, -0.25) is 9.69 Å². The van der Waals surface area contributed by atoms with E-state index in [0.717, 1.165) is 37.2 Å². The highest BCUT2D eigenvalue weighted by molar-refractivity contribution is 5.76. The molecule has 1 heterocycles. The molecule has 0 radical (unpaired) electrons. The summed E-state index contributed by atoms with van der Waals surface area (Å²) in [5.41, 5.74) is 6.69. The summed E-state index contributed by atoms with van der Waals surface area (Å²) in [6, 6.07) is 7.66. The van der Waals surface area contributed by atoms with Gasteiger partial charge in [0.15, 0.2) is 0 Å². The van der Waals surface area contributed by atoms with Gasteiger partial charge in [0.1, 0.15) is 18.4 Å². The number of carbonyl (C=O) groups excluding carboxylic acids is 1. The maximum absolute atomic E-state index is 11.9. The Balaban J connectivity index is 1.83. The summed E-state index contributed by atoms with van der Waals surface area (Å²) >= 11 is 0. The summed E-state index contributed by atoms with van der Waals surface area (Å²) in [6.07, 6.45) is 1.90. The third-order valence-corrected chi connectivity index (χ3v) is 3.75. The molecule has 1 saturated heterocycles. The maximum Gasteiger partial charge on any atom is 0.323 e. The van der Waals surface area contributed by atoms with E-state index in [1.807, 2.05) is 31.2 Å². The van der Waals surface area contributed by atoms with E-state index in [2.05, 4.69) is 4.90 Å². The number of rotatable bonds is 7. The standard InChI is InChI=1S/C16H24N2O3/c1-2-20-16(19)14-7-5-9-18(14)10-11-21-15-8-4-3-6-13(15)12-17/h3-4,6,8,14H,2,5,7,9-12,17H2,1H3. The largest absolute Gasteiger partial charge is 0.492 e. The van der Waals surface area contributed by atoms with E-state index in [0.29, 0.717) is 19.8 Å². The molecule has 1 aliphatic rings. The number of hydrogen-bond acceptors (Lipinski definition) is 5. The van der Waals surface area contributed by atoms with E-state index in [1.54, 1.807) is 0 Å². The van der Waals surface area contributed by atoms with Gasteiger partial charge in [-0.25, -0.2) is 0 Å². The van der Waals surface area contributed by atoms with E-state index < -0.39 is 0 Å². The molecule has 1 atom stereocenters. The lowest BCUT2D eigenvalue weighted by Gasteiger charge is -2.23. The van der Waals surface area contributed by atoms with Crippen LogP contribution in [0.5, 0.6) is 5.75 Å². The number of likely N-dealkylation sites (tertiary alicyclic amines) is 1. The van der Waals surface area contributed by atoms with E-state index in [4.69, 9.17) is 15.2 Å². The Kier molecular flexibility index (Phi) is 6.02. The third-order valence-electron chi connectivity index (χ3n) is 3.75. The lowest BCUT2D eigenvalue weighted by Crippen LogP contribution is -2.39. The maximum atomic E-state index is 11.9. The van der Waals surface area contributed by atoms with Crippen molar-refractivity contribution in [2.75, 3.05) is 26.3 Å². The smallest absolute Gasteiger partial charge is 0.323 e. The zero-order valence-corrected chi connectivity index (χ0v) is 12.6. The van der Waals surface area contributed by atoms with Crippen molar-refractivity contribution in [3.05, 3.63) is 29.8 Å². The Morgan fingerprint density at radius 1 is 1.43 bits per heavy atom. The van der Waals surface area contributed by atoms with Gasteiger partial charge in [0.25, 0.3) is 0 Å². The highest BCUT2D eigenvalue weighted by Gasteiger charge is 2.31.